The molecular formula is C23H21ClFN5O. The molecule has 1 saturated heterocycles. The van der Waals surface area contributed by atoms with Crippen molar-refractivity contribution in [3.05, 3.63) is 71.3 Å². The highest BCUT2D eigenvalue weighted by Crippen LogP contribution is 2.34. The van der Waals surface area contributed by atoms with Crippen molar-refractivity contribution in [2.45, 2.75) is 25.8 Å². The van der Waals surface area contributed by atoms with Gasteiger partial charge in [0.2, 0.25) is 11.2 Å². The van der Waals surface area contributed by atoms with Crippen molar-refractivity contribution >= 4 is 17.2 Å². The Bertz CT molecular complexity index is 1220. The number of hydrogen-bond acceptors (Lipinski definition) is 5. The van der Waals surface area contributed by atoms with Gasteiger partial charge in [-0.2, -0.15) is 4.52 Å². The first-order valence-corrected chi connectivity index (χ1v) is 10.7. The number of benzene rings is 2. The van der Waals surface area contributed by atoms with Crippen LogP contribution in [0.15, 0.2) is 54.6 Å². The van der Waals surface area contributed by atoms with E-state index in [0.29, 0.717) is 22.8 Å². The predicted octanol–water partition coefficient (Wildman–Crippen LogP) is 5.36. The highest BCUT2D eigenvalue weighted by Gasteiger charge is 2.14. The summed E-state index contributed by atoms with van der Waals surface area (Å²) in [5.41, 5.74) is 3.28. The molecule has 6 nitrogen and oxygen atoms in total. The molecule has 1 aliphatic heterocycles. The van der Waals surface area contributed by atoms with E-state index in [2.05, 4.69) is 32.3 Å². The van der Waals surface area contributed by atoms with Crippen LogP contribution in [0.2, 0.25) is 5.28 Å². The first kappa shape index (κ1) is 19.9. The van der Waals surface area contributed by atoms with Gasteiger partial charge in [0.1, 0.15) is 11.6 Å². The molecule has 2 aromatic carbocycles. The summed E-state index contributed by atoms with van der Waals surface area (Å²) in [5, 5.41) is 12.2. The number of nitrogens with zero attached hydrogens (tertiary/aromatic N) is 5. The van der Waals surface area contributed by atoms with Crippen LogP contribution in [0.4, 0.5) is 4.39 Å². The first-order chi connectivity index (χ1) is 15.2. The Morgan fingerprint density at radius 1 is 0.968 bits per heavy atom. The van der Waals surface area contributed by atoms with Gasteiger partial charge in [0.25, 0.3) is 0 Å². The highest BCUT2D eigenvalue weighted by molar-refractivity contribution is 6.28. The fraction of sp³-hybridized carbons (Fsp3) is 0.261. The molecule has 158 valence electrons. The van der Waals surface area contributed by atoms with Gasteiger partial charge in [-0.05, 0) is 79.0 Å². The molecule has 8 heteroatoms. The van der Waals surface area contributed by atoms with Crippen LogP contribution in [0.1, 0.15) is 24.8 Å². The number of hydrogen-bond donors (Lipinski definition) is 0. The Balaban J connectivity index is 1.46. The number of fused-ring (bicyclic) bond motifs is 1. The highest BCUT2D eigenvalue weighted by atomic mass is 35.5. The quantitative estimate of drug-likeness (QED) is 0.420. The fourth-order valence-electron chi connectivity index (χ4n) is 3.94. The summed E-state index contributed by atoms with van der Waals surface area (Å²) in [4.78, 5) is 2.47. The van der Waals surface area contributed by atoms with Crippen LogP contribution in [0.25, 0.3) is 16.8 Å². The van der Waals surface area contributed by atoms with E-state index >= 15 is 0 Å². The molecule has 0 N–H and O–H groups in total. The van der Waals surface area contributed by atoms with Crippen molar-refractivity contribution in [2.24, 2.45) is 0 Å². The van der Waals surface area contributed by atoms with Crippen LogP contribution >= 0.6 is 11.6 Å². The lowest BCUT2D eigenvalue weighted by Gasteiger charge is -2.26. The summed E-state index contributed by atoms with van der Waals surface area (Å²) >= 11 is 6.01. The van der Waals surface area contributed by atoms with Crippen molar-refractivity contribution < 1.29 is 9.13 Å². The van der Waals surface area contributed by atoms with Crippen LogP contribution in [0.5, 0.6) is 11.6 Å². The van der Waals surface area contributed by atoms with Gasteiger partial charge in [0.05, 0.1) is 0 Å². The molecule has 1 fully saturated rings. The van der Waals surface area contributed by atoms with Gasteiger partial charge in [-0.3, -0.25) is 4.90 Å². The average Bonchev–Trinajstić information content (AvgIpc) is 3.16. The summed E-state index contributed by atoms with van der Waals surface area (Å²) in [5.74, 6) is 0.494. The van der Waals surface area contributed by atoms with E-state index in [4.69, 9.17) is 16.3 Å². The normalized spacial score (nSPS) is 14.8. The van der Waals surface area contributed by atoms with Crippen molar-refractivity contribution in [3.8, 4) is 22.8 Å². The number of ether oxygens (including phenoxy) is 1. The van der Waals surface area contributed by atoms with Gasteiger partial charge in [-0.15, -0.1) is 15.3 Å². The molecule has 2 aromatic heterocycles. The second-order valence-electron chi connectivity index (χ2n) is 7.69. The standard InChI is InChI=1S/C23H21ClFN5O/c24-23-27-26-21-9-10-22(28-30(21)23)31-20-8-7-18(25)14-19(20)17-6-4-5-16(13-17)15-29-11-2-1-3-12-29/h4-10,13-14H,1-3,11-12,15H2. The zero-order chi connectivity index (χ0) is 21.2. The monoisotopic (exact) mass is 437 g/mol. The maximum absolute atomic E-state index is 14.1. The molecule has 3 heterocycles. The average molecular weight is 438 g/mol. The number of halogens is 2. The van der Waals surface area contributed by atoms with Gasteiger partial charge in [-0.25, -0.2) is 4.39 Å². The molecule has 5 rings (SSSR count). The van der Waals surface area contributed by atoms with E-state index in [1.165, 1.54) is 41.5 Å². The molecule has 0 amide bonds. The predicted molar refractivity (Wildman–Crippen MR) is 117 cm³/mol. The third-order valence-corrected chi connectivity index (χ3v) is 5.68. The molecule has 0 aliphatic carbocycles. The number of aromatic nitrogens is 4. The van der Waals surface area contributed by atoms with E-state index in [9.17, 15) is 4.39 Å². The maximum Gasteiger partial charge on any atom is 0.246 e. The number of likely N-dealkylation sites (tertiary alicyclic amines) is 1. The van der Waals surface area contributed by atoms with E-state index < -0.39 is 0 Å². The molecule has 31 heavy (non-hydrogen) atoms. The van der Waals surface area contributed by atoms with E-state index in [0.717, 1.165) is 25.2 Å². The minimum atomic E-state index is -0.325. The lowest BCUT2D eigenvalue weighted by atomic mass is 10.0. The van der Waals surface area contributed by atoms with Gasteiger partial charge in [0, 0.05) is 18.2 Å². The SMILES string of the molecule is Fc1ccc(Oc2ccc3nnc(Cl)n3n2)c(-c2cccc(CN3CCCCC3)c2)c1. The Hall–Kier alpha value is -3.03. The third-order valence-electron chi connectivity index (χ3n) is 5.45. The summed E-state index contributed by atoms with van der Waals surface area (Å²) in [6.45, 7) is 3.14. The zero-order valence-electron chi connectivity index (χ0n) is 16.8. The lowest BCUT2D eigenvalue weighted by molar-refractivity contribution is 0.221. The number of rotatable bonds is 5. The van der Waals surface area contributed by atoms with Crippen molar-refractivity contribution in [3.63, 3.8) is 0 Å². The van der Waals surface area contributed by atoms with Gasteiger partial charge in [0.15, 0.2) is 5.65 Å². The fourth-order valence-corrected chi connectivity index (χ4v) is 4.10. The van der Waals surface area contributed by atoms with Crippen LogP contribution < -0.4 is 4.74 Å². The zero-order valence-corrected chi connectivity index (χ0v) is 17.6. The van der Waals surface area contributed by atoms with E-state index in [1.54, 1.807) is 18.2 Å². The molecule has 1 aliphatic rings. The summed E-state index contributed by atoms with van der Waals surface area (Å²) in [7, 11) is 0. The van der Waals surface area contributed by atoms with Crippen LogP contribution in [-0.4, -0.2) is 37.8 Å². The minimum absolute atomic E-state index is 0.144. The Kier molecular flexibility index (Phi) is 5.53. The summed E-state index contributed by atoms with van der Waals surface area (Å²) in [6, 6.07) is 16.1. The van der Waals surface area contributed by atoms with Crippen LogP contribution in [0, 0.1) is 5.82 Å². The number of piperidine rings is 1. The van der Waals surface area contributed by atoms with Gasteiger partial charge >= 0.3 is 0 Å². The molecule has 0 spiro atoms. The Labute approximate surface area is 184 Å². The van der Waals surface area contributed by atoms with Crippen molar-refractivity contribution in [1.29, 1.82) is 0 Å². The molecule has 0 radical (unpaired) electrons. The van der Waals surface area contributed by atoms with Gasteiger partial charge < -0.3 is 4.74 Å². The van der Waals surface area contributed by atoms with Crippen molar-refractivity contribution in [1.82, 2.24) is 24.7 Å². The molecular weight excluding hydrogens is 417 g/mol. The molecule has 0 bridgehead atoms. The van der Waals surface area contributed by atoms with E-state index in [1.807, 2.05) is 12.1 Å². The summed E-state index contributed by atoms with van der Waals surface area (Å²) < 4.78 is 21.6. The third kappa shape index (κ3) is 4.38. The maximum atomic E-state index is 14.1. The largest absolute Gasteiger partial charge is 0.437 e. The van der Waals surface area contributed by atoms with Crippen molar-refractivity contribution in [2.75, 3.05) is 13.1 Å². The Morgan fingerprint density at radius 3 is 2.71 bits per heavy atom. The lowest BCUT2D eigenvalue weighted by Crippen LogP contribution is -2.29. The van der Waals surface area contributed by atoms with Crippen LogP contribution in [0.3, 0.4) is 0 Å². The first-order valence-electron chi connectivity index (χ1n) is 10.3. The second-order valence-corrected chi connectivity index (χ2v) is 8.03. The Morgan fingerprint density at radius 2 is 1.84 bits per heavy atom. The van der Waals surface area contributed by atoms with E-state index in [-0.39, 0.29) is 11.1 Å². The molecule has 0 saturated carbocycles. The van der Waals surface area contributed by atoms with Crippen LogP contribution in [-0.2, 0) is 6.54 Å². The summed E-state index contributed by atoms with van der Waals surface area (Å²) in [6.07, 6.45) is 3.80. The molecule has 0 atom stereocenters. The minimum Gasteiger partial charge on any atom is -0.437 e. The molecule has 4 aromatic rings. The topological polar surface area (TPSA) is 55.6 Å². The second kappa shape index (κ2) is 8.61. The van der Waals surface area contributed by atoms with Gasteiger partial charge in [-0.1, -0.05) is 24.6 Å². The molecule has 0 unspecified atom stereocenters. The smallest absolute Gasteiger partial charge is 0.246 e.